The van der Waals surface area contributed by atoms with E-state index in [1.54, 1.807) is 6.29 Å². The van der Waals surface area contributed by atoms with Crippen LogP contribution in [0, 0.1) is 0 Å². The fraction of sp³-hybridized carbons (Fsp3) is 0.636. The molecule has 1 fully saturated rings. The third kappa shape index (κ3) is 9.31. The van der Waals surface area contributed by atoms with E-state index in [1.165, 1.54) is 0 Å². The fourth-order valence-corrected chi connectivity index (χ4v) is 1.53. The zero-order chi connectivity index (χ0) is 14.3. The molecule has 21 heavy (non-hydrogen) atoms. The van der Waals surface area contributed by atoms with Crippen molar-refractivity contribution in [2.75, 3.05) is 19.6 Å². The third-order valence-electron chi connectivity index (χ3n) is 2.68. The van der Waals surface area contributed by atoms with Gasteiger partial charge in [0, 0.05) is 45.8 Å². The van der Waals surface area contributed by atoms with Crippen LogP contribution in [0.1, 0.15) is 12.8 Å². The molecule has 1 radical (unpaired) electrons. The molecule has 0 aliphatic carbocycles. The van der Waals surface area contributed by atoms with E-state index in [9.17, 15) is 19.2 Å². The maximum absolute atomic E-state index is 11.6. The van der Waals surface area contributed by atoms with Gasteiger partial charge in [-0.1, -0.05) is 6.04 Å². The van der Waals surface area contributed by atoms with Crippen molar-refractivity contribution in [1.82, 2.24) is 16.0 Å². The smallest absolute Gasteiger partial charge is 0.229 e. The monoisotopic (exact) mass is 391 g/mol. The largest absolute Gasteiger partial charge is 0.813 e. The van der Waals surface area contributed by atoms with Gasteiger partial charge in [0.25, 0.3) is 0 Å². The van der Waals surface area contributed by atoms with Crippen molar-refractivity contribution in [2.45, 2.75) is 24.9 Å². The van der Waals surface area contributed by atoms with Gasteiger partial charge in [-0.25, -0.2) is 6.29 Å². The quantitative estimate of drug-likeness (QED) is 0.160. The van der Waals surface area contributed by atoms with Crippen molar-refractivity contribution in [3.8, 4) is 0 Å². The van der Waals surface area contributed by atoms with Crippen LogP contribution in [0.25, 0.3) is 0 Å². The van der Waals surface area contributed by atoms with E-state index in [0.717, 1.165) is 0 Å². The van der Waals surface area contributed by atoms with Crippen LogP contribution < -0.4 is 21.7 Å². The number of nitrogens with two attached hydrogens (primary N) is 1. The standard InChI is InChI=1S/C11H17N4O4.H2S.Y/c12-8-1-2-13-10(18)3-11(19)15-4-7(6-16)14-5-9(8)17;;/h7-8,14H,1-5,12H2,(H,13,18)(H,15,19);1H2;/q-1;;/p-1. The molecule has 1 aliphatic heterocycles. The molecule has 1 rings (SSSR count). The number of carbonyl (C=O) groups is 3. The van der Waals surface area contributed by atoms with E-state index in [0.29, 0.717) is 0 Å². The molecular weight excluding hydrogens is 373 g/mol. The zero-order valence-electron chi connectivity index (χ0n) is 11.4. The average molecular weight is 391 g/mol. The summed E-state index contributed by atoms with van der Waals surface area (Å²) in [4.78, 5) is 45.0. The molecule has 5 N–H and O–H groups in total. The maximum atomic E-state index is 11.6. The molecule has 1 heterocycles. The number of Topliss-reactive ketones (excluding diaryl/α,β-unsaturated/α-hetero) is 1. The Hall–Kier alpha value is -0.346. The van der Waals surface area contributed by atoms with E-state index in [2.05, 4.69) is 16.0 Å². The second-order valence-corrected chi connectivity index (χ2v) is 4.24. The summed E-state index contributed by atoms with van der Waals surface area (Å²) < 4.78 is 0. The molecule has 0 aromatic heterocycles. The van der Waals surface area contributed by atoms with E-state index in [-0.39, 0.29) is 84.5 Å². The normalized spacial score (nSPS) is 24.7. The van der Waals surface area contributed by atoms with Crippen molar-refractivity contribution in [2.24, 2.45) is 5.73 Å². The van der Waals surface area contributed by atoms with Crippen LogP contribution >= 0.6 is 0 Å². The summed E-state index contributed by atoms with van der Waals surface area (Å²) in [6.45, 7) is 0.116. The molecule has 2 unspecified atom stereocenters. The second kappa shape index (κ2) is 12.2. The number of hydrogen-bond donors (Lipinski definition) is 4. The molecule has 2 amide bonds. The molecule has 8 nitrogen and oxygen atoms in total. The van der Waals surface area contributed by atoms with Crippen molar-refractivity contribution in [3.05, 3.63) is 0 Å². The first-order valence-corrected chi connectivity index (χ1v) is 5.95. The van der Waals surface area contributed by atoms with Crippen LogP contribution in [0.5, 0.6) is 0 Å². The van der Waals surface area contributed by atoms with Gasteiger partial charge < -0.3 is 40.0 Å². The molecule has 0 aromatic rings. The number of nitrogens with one attached hydrogen (secondary N) is 3. The molecule has 10 heteroatoms. The van der Waals surface area contributed by atoms with Crippen LogP contribution in [0.4, 0.5) is 0 Å². The first-order valence-electron chi connectivity index (χ1n) is 5.95. The summed E-state index contributed by atoms with van der Waals surface area (Å²) in [5.74, 6) is -1.20. The van der Waals surface area contributed by atoms with Gasteiger partial charge in [-0.05, 0) is 6.42 Å². The van der Waals surface area contributed by atoms with E-state index >= 15 is 0 Å². The Labute approximate surface area is 155 Å². The Bertz CT molecular complexity index is 383. The zero-order valence-corrected chi connectivity index (χ0v) is 15.2. The van der Waals surface area contributed by atoms with Crippen LogP contribution in [0.3, 0.4) is 0 Å². The van der Waals surface area contributed by atoms with Crippen molar-refractivity contribution in [3.63, 3.8) is 0 Å². The minimum atomic E-state index is -0.802. The Morgan fingerprint density at radius 1 is 1.14 bits per heavy atom. The van der Waals surface area contributed by atoms with E-state index < -0.39 is 23.9 Å². The van der Waals surface area contributed by atoms with Crippen molar-refractivity contribution in [1.29, 1.82) is 0 Å². The van der Waals surface area contributed by atoms with Crippen LogP contribution in [-0.4, -0.2) is 55.6 Å². The first kappa shape index (κ1) is 22.9. The summed E-state index contributed by atoms with van der Waals surface area (Å²) in [7, 11) is 0. The number of thiol groups is 1. The Morgan fingerprint density at radius 3 is 2.38 bits per heavy atom. The maximum Gasteiger partial charge on any atom is 0.229 e. The summed E-state index contributed by atoms with van der Waals surface area (Å²) in [5.41, 5.74) is 5.64. The Morgan fingerprint density at radius 2 is 1.76 bits per heavy atom. The van der Waals surface area contributed by atoms with Gasteiger partial charge in [0.1, 0.15) is 6.42 Å². The minimum Gasteiger partial charge on any atom is -0.813 e. The SMILES string of the molecule is NC1CCNC(=O)CC(=O)NCC([C-]=O)NCC1=O.[SH-].[Y]. The number of amides is 2. The summed E-state index contributed by atoms with van der Waals surface area (Å²) in [5, 5.41) is 7.56. The number of hydrogen-bond acceptors (Lipinski definition) is 7. The molecule has 1 saturated heterocycles. The molecular formula is C11H18N4O4SY-2. The van der Waals surface area contributed by atoms with Gasteiger partial charge in [-0.2, -0.15) is 0 Å². The molecule has 117 valence electrons. The summed E-state index contributed by atoms with van der Waals surface area (Å²) >= 11 is 0. The molecule has 0 bridgehead atoms. The summed E-state index contributed by atoms with van der Waals surface area (Å²) in [6.07, 6.45) is 1.63. The minimum absolute atomic E-state index is 0. The van der Waals surface area contributed by atoms with Gasteiger partial charge in [-0.3, -0.25) is 14.4 Å². The fourth-order valence-electron chi connectivity index (χ4n) is 1.53. The van der Waals surface area contributed by atoms with Gasteiger partial charge in [-0.15, -0.1) is 0 Å². The number of carbonyl (C=O) groups excluding carboxylic acids is 4. The van der Waals surface area contributed by atoms with E-state index in [1.807, 2.05) is 0 Å². The molecule has 2 atom stereocenters. The van der Waals surface area contributed by atoms with Crippen LogP contribution in [-0.2, 0) is 65.4 Å². The number of ketones is 1. The van der Waals surface area contributed by atoms with Crippen LogP contribution in [0.2, 0.25) is 0 Å². The topological polar surface area (TPSA) is 130 Å². The Balaban J connectivity index is 0. The van der Waals surface area contributed by atoms with Crippen molar-refractivity contribution >= 4 is 37.4 Å². The predicted molar refractivity (Wildman–Crippen MR) is 74.5 cm³/mol. The first-order chi connectivity index (χ1) is 9.02. The third-order valence-corrected chi connectivity index (χ3v) is 2.68. The number of rotatable bonds is 1. The van der Waals surface area contributed by atoms with Gasteiger partial charge in [0.2, 0.25) is 11.8 Å². The second-order valence-electron chi connectivity index (χ2n) is 4.24. The molecule has 0 spiro atoms. The molecule has 0 aromatic carbocycles. The Kier molecular flexibility index (Phi) is 13.3. The van der Waals surface area contributed by atoms with Crippen molar-refractivity contribution < 1.29 is 51.9 Å². The van der Waals surface area contributed by atoms with Crippen LogP contribution in [0.15, 0.2) is 0 Å². The van der Waals surface area contributed by atoms with Gasteiger partial charge in [0.15, 0.2) is 5.78 Å². The van der Waals surface area contributed by atoms with Gasteiger partial charge in [0.05, 0.1) is 12.6 Å². The van der Waals surface area contributed by atoms with E-state index in [4.69, 9.17) is 5.73 Å². The summed E-state index contributed by atoms with van der Waals surface area (Å²) in [6, 6.07) is -1.52. The molecule has 0 saturated carbocycles. The van der Waals surface area contributed by atoms with Gasteiger partial charge >= 0.3 is 0 Å². The molecule has 1 aliphatic rings. The average Bonchev–Trinajstić information content (AvgIpc) is 2.38. The predicted octanol–water partition coefficient (Wildman–Crippen LogP) is -3.30.